The summed E-state index contributed by atoms with van der Waals surface area (Å²) >= 11 is 0. The molecule has 0 aromatic carbocycles. The van der Waals surface area contributed by atoms with Gasteiger partial charge in [0, 0.05) is 28.6 Å². The average molecular weight is 317 g/mol. The van der Waals surface area contributed by atoms with E-state index in [1.165, 1.54) is 0 Å². The number of aliphatic hydroxyl groups is 2. The summed E-state index contributed by atoms with van der Waals surface area (Å²) in [5.41, 5.74) is -1.04. The van der Waals surface area contributed by atoms with E-state index in [0.29, 0.717) is 0 Å². The number of hydrogen-bond donors (Lipinski definition) is 2. The number of aliphatic hydroxyl groups excluding tert-OH is 2. The Kier molecular flexibility index (Phi) is 6.22. The molecule has 0 aliphatic carbocycles. The third-order valence-corrected chi connectivity index (χ3v) is 2.40. The standard InChI is InChI=1S/C10H11F4NO2.Cu/c1-3(16)5(4(2)17)6-7(11)9(13)15-10(14)8(6)12;/h3-5,16-17H,1-2H3;. The Bertz CT molecular complexity index is 395. The zero-order valence-corrected chi connectivity index (χ0v) is 10.3. The second-order valence-electron chi connectivity index (χ2n) is 3.74. The van der Waals surface area contributed by atoms with Gasteiger partial charge in [0.2, 0.25) is 0 Å². The van der Waals surface area contributed by atoms with Gasteiger partial charge in [-0.1, -0.05) is 0 Å². The van der Waals surface area contributed by atoms with Gasteiger partial charge in [0.05, 0.1) is 12.2 Å². The van der Waals surface area contributed by atoms with Gasteiger partial charge in [0.25, 0.3) is 11.9 Å². The fourth-order valence-corrected chi connectivity index (χ4v) is 1.68. The smallest absolute Gasteiger partial charge is 0.252 e. The maximum Gasteiger partial charge on any atom is 0.252 e. The molecule has 0 amide bonds. The maximum absolute atomic E-state index is 13.3. The van der Waals surface area contributed by atoms with E-state index in [1.807, 2.05) is 0 Å². The molecular formula is C10H11CuF4NO2. The molecule has 0 aliphatic rings. The minimum atomic E-state index is -1.81. The summed E-state index contributed by atoms with van der Waals surface area (Å²) in [7, 11) is 0. The third kappa shape index (κ3) is 3.20. The van der Waals surface area contributed by atoms with Crippen molar-refractivity contribution < 1.29 is 44.8 Å². The van der Waals surface area contributed by atoms with E-state index in [4.69, 9.17) is 0 Å². The van der Waals surface area contributed by atoms with Crippen LogP contribution in [-0.4, -0.2) is 27.4 Å². The summed E-state index contributed by atoms with van der Waals surface area (Å²) in [5, 5.41) is 18.6. The summed E-state index contributed by atoms with van der Waals surface area (Å²) in [6, 6.07) is 0. The quantitative estimate of drug-likeness (QED) is 0.504. The molecule has 0 saturated heterocycles. The summed E-state index contributed by atoms with van der Waals surface area (Å²) in [4.78, 5) is 2.39. The van der Waals surface area contributed by atoms with E-state index in [1.54, 1.807) is 0 Å². The molecule has 1 aromatic rings. The average Bonchev–Trinajstić information content (AvgIpc) is 2.20. The van der Waals surface area contributed by atoms with Gasteiger partial charge < -0.3 is 10.2 Å². The summed E-state index contributed by atoms with van der Waals surface area (Å²) < 4.78 is 52.4. The SMILES string of the molecule is CC(O)C(c1c(F)c(F)nc(F)c1F)C(C)O.[Cu]. The third-order valence-electron chi connectivity index (χ3n) is 2.40. The molecule has 0 fully saturated rings. The minimum Gasteiger partial charge on any atom is -0.393 e. The molecule has 2 N–H and O–H groups in total. The Hall–Kier alpha value is -0.691. The molecule has 1 rings (SSSR count). The van der Waals surface area contributed by atoms with E-state index in [0.717, 1.165) is 13.8 Å². The van der Waals surface area contributed by atoms with E-state index >= 15 is 0 Å². The van der Waals surface area contributed by atoms with E-state index in [2.05, 4.69) is 4.98 Å². The van der Waals surface area contributed by atoms with Crippen LogP contribution in [0.25, 0.3) is 0 Å². The van der Waals surface area contributed by atoms with Gasteiger partial charge >= 0.3 is 0 Å². The van der Waals surface area contributed by atoms with Crippen LogP contribution < -0.4 is 0 Å². The van der Waals surface area contributed by atoms with E-state index < -0.39 is 47.2 Å². The molecule has 1 heterocycles. The van der Waals surface area contributed by atoms with Crippen molar-refractivity contribution in [1.29, 1.82) is 0 Å². The first-order chi connectivity index (χ1) is 7.77. The van der Waals surface area contributed by atoms with Gasteiger partial charge in [0.1, 0.15) is 0 Å². The van der Waals surface area contributed by atoms with Crippen LogP contribution in [0.15, 0.2) is 0 Å². The van der Waals surface area contributed by atoms with Gasteiger partial charge in [-0.05, 0) is 13.8 Å². The molecule has 18 heavy (non-hydrogen) atoms. The Morgan fingerprint density at radius 3 is 1.50 bits per heavy atom. The summed E-state index contributed by atoms with van der Waals surface area (Å²) in [6.45, 7) is 2.29. The molecule has 2 atom stereocenters. The molecule has 2 unspecified atom stereocenters. The normalized spacial score (nSPS) is 15.8. The molecule has 1 aromatic heterocycles. The molecule has 0 saturated carbocycles. The van der Waals surface area contributed by atoms with Crippen LogP contribution in [0.4, 0.5) is 17.6 Å². The van der Waals surface area contributed by atoms with Crippen LogP contribution in [0.5, 0.6) is 0 Å². The van der Waals surface area contributed by atoms with Crippen molar-refractivity contribution in [3.05, 3.63) is 29.1 Å². The number of nitrogens with zero attached hydrogens (tertiary/aromatic N) is 1. The predicted octanol–water partition coefficient (Wildman–Crippen LogP) is 1.48. The minimum absolute atomic E-state index is 0. The zero-order valence-electron chi connectivity index (χ0n) is 9.39. The van der Waals surface area contributed by atoms with Crippen LogP contribution in [0.1, 0.15) is 25.3 Å². The predicted molar refractivity (Wildman–Crippen MR) is 50.2 cm³/mol. The number of hydrogen-bond acceptors (Lipinski definition) is 3. The summed E-state index contributed by atoms with van der Waals surface area (Å²) in [5.74, 6) is -8.54. The van der Waals surface area contributed by atoms with Gasteiger partial charge in [-0.3, -0.25) is 0 Å². The van der Waals surface area contributed by atoms with Gasteiger partial charge in [-0.15, -0.1) is 0 Å². The van der Waals surface area contributed by atoms with Crippen molar-refractivity contribution in [3.63, 3.8) is 0 Å². The Morgan fingerprint density at radius 2 is 1.22 bits per heavy atom. The zero-order chi connectivity index (χ0) is 13.3. The van der Waals surface area contributed by atoms with E-state index in [-0.39, 0.29) is 17.1 Å². The fourth-order valence-electron chi connectivity index (χ4n) is 1.68. The van der Waals surface area contributed by atoms with Crippen LogP contribution in [0, 0.1) is 23.5 Å². The van der Waals surface area contributed by atoms with Crippen molar-refractivity contribution >= 4 is 0 Å². The molecule has 1 radical (unpaired) electrons. The number of pyridine rings is 1. The first-order valence-corrected chi connectivity index (χ1v) is 4.83. The monoisotopic (exact) mass is 316 g/mol. The molecule has 0 bridgehead atoms. The largest absolute Gasteiger partial charge is 0.393 e. The first kappa shape index (κ1) is 17.3. The van der Waals surface area contributed by atoms with Crippen molar-refractivity contribution in [1.82, 2.24) is 4.98 Å². The molecule has 3 nitrogen and oxygen atoms in total. The topological polar surface area (TPSA) is 53.4 Å². The number of aromatic nitrogens is 1. The molecule has 107 valence electrons. The summed E-state index contributed by atoms with van der Waals surface area (Å²) in [6.07, 6.45) is -2.78. The van der Waals surface area contributed by atoms with Gasteiger partial charge in [-0.2, -0.15) is 13.8 Å². The maximum atomic E-state index is 13.3. The van der Waals surface area contributed by atoms with Crippen LogP contribution in [0.3, 0.4) is 0 Å². The molecule has 0 spiro atoms. The van der Waals surface area contributed by atoms with Crippen LogP contribution in [-0.2, 0) is 17.1 Å². The number of halogens is 4. The number of rotatable bonds is 3. The Morgan fingerprint density at radius 1 is 0.889 bits per heavy atom. The van der Waals surface area contributed by atoms with Crippen LogP contribution in [0.2, 0.25) is 0 Å². The van der Waals surface area contributed by atoms with Crippen molar-refractivity contribution in [2.45, 2.75) is 32.0 Å². The molecule has 8 heteroatoms. The molecule has 0 aliphatic heterocycles. The van der Waals surface area contributed by atoms with Crippen molar-refractivity contribution in [2.75, 3.05) is 0 Å². The van der Waals surface area contributed by atoms with Gasteiger partial charge in [-0.25, -0.2) is 8.78 Å². The van der Waals surface area contributed by atoms with Crippen molar-refractivity contribution in [3.8, 4) is 0 Å². The fraction of sp³-hybridized carbons (Fsp3) is 0.500. The van der Waals surface area contributed by atoms with Gasteiger partial charge in [0.15, 0.2) is 11.6 Å². The van der Waals surface area contributed by atoms with Crippen LogP contribution >= 0.6 is 0 Å². The first-order valence-electron chi connectivity index (χ1n) is 4.83. The Labute approximate surface area is 111 Å². The second-order valence-corrected chi connectivity index (χ2v) is 3.74. The Balaban J connectivity index is 0.00000289. The van der Waals surface area contributed by atoms with E-state index in [9.17, 15) is 27.8 Å². The second kappa shape index (κ2) is 6.47. The van der Waals surface area contributed by atoms with Crippen molar-refractivity contribution in [2.24, 2.45) is 0 Å². The molecular weight excluding hydrogens is 306 g/mol.